The Bertz CT molecular complexity index is 458. The third kappa shape index (κ3) is 13.3. The van der Waals surface area contributed by atoms with Crippen molar-refractivity contribution in [1.29, 1.82) is 0 Å². The van der Waals surface area contributed by atoms with E-state index in [-0.39, 0.29) is 0 Å². The van der Waals surface area contributed by atoms with Gasteiger partial charge >= 0.3 is 5.97 Å². The van der Waals surface area contributed by atoms with Crippen LogP contribution in [0.4, 0.5) is 0 Å². The summed E-state index contributed by atoms with van der Waals surface area (Å²) in [6.45, 7) is 2.27. The summed E-state index contributed by atoms with van der Waals surface area (Å²) in [4.78, 5) is 11.3. The third-order valence-electron chi connectivity index (χ3n) is 5.12. The fourth-order valence-corrected chi connectivity index (χ4v) is 3.42. The number of benzene rings is 1. The SMILES string of the molecule is CCCCCCCCCCCCCCCCC(Oc1ccccc1)C(=O)O. The predicted molar refractivity (Wildman–Crippen MR) is 113 cm³/mol. The predicted octanol–water partition coefficient (Wildman–Crippen LogP) is 7.39. The maximum Gasteiger partial charge on any atom is 0.344 e. The van der Waals surface area contributed by atoms with Crippen molar-refractivity contribution in [3.63, 3.8) is 0 Å². The summed E-state index contributed by atoms with van der Waals surface area (Å²) >= 11 is 0. The first-order valence-corrected chi connectivity index (χ1v) is 11.2. The van der Waals surface area contributed by atoms with Crippen molar-refractivity contribution in [2.45, 2.75) is 109 Å². The number of aliphatic carboxylic acids is 1. The normalized spacial score (nSPS) is 12.0. The molecule has 1 rings (SSSR count). The van der Waals surface area contributed by atoms with E-state index in [2.05, 4.69) is 6.92 Å². The molecular weight excluding hydrogens is 336 g/mol. The first-order chi connectivity index (χ1) is 13.2. The molecule has 1 N–H and O–H groups in total. The smallest absolute Gasteiger partial charge is 0.344 e. The summed E-state index contributed by atoms with van der Waals surface area (Å²) < 4.78 is 5.59. The summed E-state index contributed by atoms with van der Waals surface area (Å²) in [5.41, 5.74) is 0. The standard InChI is InChI=1S/C24H40O3/c1-2-3-4-5-6-7-8-9-10-11-12-13-14-18-21-23(24(25)26)27-22-19-16-15-17-20-22/h15-17,19-20,23H,2-14,18,21H2,1H3,(H,25,26). The Morgan fingerprint density at radius 1 is 0.778 bits per heavy atom. The fourth-order valence-electron chi connectivity index (χ4n) is 3.42. The zero-order chi connectivity index (χ0) is 19.6. The maximum absolute atomic E-state index is 11.3. The minimum atomic E-state index is -0.867. The second-order valence-corrected chi connectivity index (χ2v) is 7.64. The highest BCUT2D eigenvalue weighted by molar-refractivity contribution is 5.72. The lowest BCUT2D eigenvalue weighted by Crippen LogP contribution is -2.26. The summed E-state index contributed by atoms with van der Waals surface area (Å²) in [6, 6.07) is 9.24. The molecule has 27 heavy (non-hydrogen) atoms. The highest BCUT2D eigenvalue weighted by Gasteiger charge is 2.18. The number of ether oxygens (including phenoxy) is 1. The van der Waals surface area contributed by atoms with Crippen molar-refractivity contribution in [3.05, 3.63) is 30.3 Å². The molecule has 0 radical (unpaired) electrons. The van der Waals surface area contributed by atoms with E-state index in [1.807, 2.05) is 18.2 Å². The molecule has 0 bridgehead atoms. The highest BCUT2D eigenvalue weighted by atomic mass is 16.5. The molecular formula is C24H40O3. The van der Waals surface area contributed by atoms with Gasteiger partial charge in [-0.1, -0.05) is 109 Å². The van der Waals surface area contributed by atoms with Gasteiger partial charge in [0.2, 0.25) is 0 Å². The van der Waals surface area contributed by atoms with Gasteiger partial charge in [-0.05, 0) is 25.0 Å². The van der Waals surface area contributed by atoms with Gasteiger partial charge in [0, 0.05) is 0 Å². The largest absolute Gasteiger partial charge is 0.479 e. The van der Waals surface area contributed by atoms with Gasteiger partial charge in [-0.2, -0.15) is 0 Å². The van der Waals surface area contributed by atoms with Crippen LogP contribution < -0.4 is 4.74 Å². The Hall–Kier alpha value is -1.51. The molecule has 0 aliphatic heterocycles. The molecule has 154 valence electrons. The van der Waals surface area contributed by atoms with Crippen molar-refractivity contribution in [2.24, 2.45) is 0 Å². The average Bonchev–Trinajstić information content (AvgIpc) is 2.68. The number of unbranched alkanes of at least 4 members (excludes halogenated alkanes) is 13. The van der Waals surface area contributed by atoms with Gasteiger partial charge in [0.25, 0.3) is 0 Å². The fraction of sp³-hybridized carbons (Fsp3) is 0.708. The average molecular weight is 377 g/mol. The lowest BCUT2D eigenvalue weighted by Gasteiger charge is -2.14. The number of carboxylic acids is 1. The van der Waals surface area contributed by atoms with E-state index in [4.69, 9.17) is 4.74 Å². The molecule has 0 aromatic heterocycles. The van der Waals surface area contributed by atoms with E-state index in [1.54, 1.807) is 12.1 Å². The molecule has 0 aliphatic rings. The van der Waals surface area contributed by atoms with E-state index >= 15 is 0 Å². The number of carboxylic acid groups (broad SMARTS) is 1. The van der Waals surface area contributed by atoms with Gasteiger partial charge in [0.05, 0.1) is 0 Å². The molecule has 1 aromatic carbocycles. The van der Waals surface area contributed by atoms with Crippen LogP contribution in [-0.2, 0) is 4.79 Å². The lowest BCUT2D eigenvalue weighted by molar-refractivity contribution is -0.145. The van der Waals surface area contributed by atoms with Crippen LogP contribution in [0.25, 0.3) is 0 Å². The summed E-state index contributed by atoms with van der Waals surface area (Å²) in [7, 11) is 0. The van der Waals surface area contributed by atoms with Gasteiger partial charge < -0.3 is 9.84 Å². The second kappa shape index (κ2) is 16.6. The van der Waals surface area contributed by atoms with Crippen LogP contribution in [0.2, 0.25) is 0 Å². The first-order valence-electron chi connectivity index (χ1n) is 11.2. The van der Waals surface area contributed by atoms with Crippen LogP contribution >= 0.6 is 0 Å². The number of hydrogen-bond donors (Lipinski definition) is 1. The number of hydrogen-bond acceptors (Lipinski definition) is 2. The van der Waals surface area contributed by atoms with Gasteiger partial charge in [0.1, 0.15) is 5.75 Å². The zero-order valence-corrected chi connectivity index (χ0v) is 17.3. The van der Waals surface area contributed by atoms with Crippen LogP contribution in [0.15, 0.2) is 30.3 Å². The molecule has 0 spiro atoms. The van der Waals surface area contributed by atoms with Crippen LogP contribution in [0, 0.1) is 0 Å². The van der Waals surface area contributed by atoms with E-state index < -0.39 is 12.1 Å². The van der Waals surface area contributed by atoms with Crippen molar-refractivity contribution in [3.8, 4) is 5.75 Å². The molecule has 1 atom stereocenters. The van der Waals surface area contributed by atoms with Gasteiger partial charge in [-0.15, -0.1) is 0 Å². The first kappa shape index (κ1) is 23.5. The van der Waals surface area contributed by atoms with E-state index in [0.717, 1.165) is 12.8 Å². The minimum Gasteiger partial charge on any atom is -0.479 e. The molecule has 0 amide bonds. The Labute approximate surface area is 166 Å². The number of carbonyl (C=O) groups is 1. The van der Waals surface area contributed by atoms with Crippen molar-refractivity contribution in [1.82, 2.24) is 0 Å². The zero-order valence-electron chi connectivity index (χ0n) is 17.3. The monoisotopic (exact) mass is 376 g/mol. The molecule has 0 aliphatic carbocycles. The van der Waals surface area contributed by atoms with E-state index in [9.17, 15) is 9.90 Å². The van der Waals surface area contributed by atoms with Crippen LogP contribution in [0.1, 0.15) is 103 Å². The molecule has 0 heterocycles. The Balaban J connectivity index is 1.93. The molecule has 1 aromatic rings. The van der Waals surface area contributed by atoms with Crippen LogP contribution in [0.5, 0.6) is 5.75 Å². The minimum absolute atomic E-state index is 0.586. The molecule has 0 saturated heterocycles. The van der Waals surface area contributed by atoms with Crippen LogP contribution in [0.3, 0.4) is 0 Å². The van der Waals surface area contributed by atoms with E-state index in [1.165, 1.54) is 77.0 Å². The molecule has 3 nitrogen and oxygen atoms in total. The third-order valence-corrected chi connectivity index (χ3v) is 5.12. The summed E-state index contributed by atoms with van der Waals surface area (Å²) in [5.74, 6) is -0.233. The Kier molecular flexibility index (Phi) is 14.5. The van der Waals surface area contributed by atoms with Crippen molar-refractivity contribution < 1.29 is 14.6 Å². The van der Waals surface area contributed by atoms with Gasteiger partial charge in [-0.25, -0.2) is 4.79 Å². The Morgan fingerprint density at radius 2 is 1.22 bits per heavy atom. The molecule has 1 unspecified atom stereocenters. The quantitative estimate of drug-likeness (QED) is 0.272. The van der Waals surface area contributed by atoms with Gasteiger partial charge in [-0.3, -0.25) is 0 Å². The van der Waals surface area contributed by atoms with Crippen molar-refractivity contribution in [2.75, 3.05) is 0 Å². The Morgan fingerprint density at radius 3 is 1.67 bits per heavy atom. The molecule has 3 heteroatoms. The number of para-hydroxylation sites is 1. The number of rotatable bonds is 18. The second-order valence-electron chi connectivity index (χ2n) is 7.64. The topological polar surface area (TPSA) is 46.5 Å². The van der Waals surface area contributed by atoms with E-state index in [0.29, 0.717) is 12.2 Å². The molecule has 0 fully saturated rings. The molecule has 0 saturated carbocycles. The summed E-state index contributed by atoms with van der Waals surface area (Å²) in [5, 5.41) is 9.31. The summed E-state index contributed by atoms with van der Waals surface area (Å²) in [6.07, 6.45) is 18.1. The van der Waals surface area contributed by atoms with Crippen molar-refractivity contribution >= 4 is 5.97 Å². The highest BCUT2D eigenvalue weighted by Crippen LogP contribution is 2.17. The van der Waals surface area contributed by atoms with Crippen LogP contribution in [-0.4, -0.2) is 17.2 Å². The lowest BCUT2D eigenvalue weighted by atomic mass is 10.0. The van der Waals surface area contributed by atoms with Gasteiger partial charge in [0.15, 0.2) is 6.10 Å². The maximum atomic E-state index is 11.3.